The molecule has 204 valence electrons. The second-order valence-corrected chi connectivity index (χ2v) is 10.7. The molecule has 39 heavy (non-hydrogen) atoms. The molecule has 2 amide bonds. The number of aromatic carboxylic acids is 2. The zero-order valence-electron chi connectivity index (χ0n) is 20.6. The molecule has 1 fully saturated rings. The minimum absolute atomic E-state index is 0.0666. The lowest BCUT2D eigenvalue weighted by Crippen LogP contribution is -2.44. The number of carbonyl (C=O) groups is 4. The molecule has 4 N–H and O–H groups in total. The fourth-order valence-electron chi connectivity index (χ4n) is 4.50. The van der Waals surface area contributed by atoms with Crippen molar-refractivity contribution in [1.82, 2.24) is 0 Å². The van der Waals surface area contributed by atoms with Gasteiger partial charge < -0.3 is 25.4 Å². The number of carboxylic acid groups (broad SMARTS) is 3. The van der Waals surface area contributed by atoms with Crippen LogP contribution in [0.2, 0.25) is 0 Å². The number of carbonyl (C=O) groups excluding carboxylic acids is 1. The molecule has 1 aliphatic rings. The van der Waals surface area contributed by atoms with Crippen LogP contribution in [-0.2, 0) is 4.79 Å². The molecule has 0 unspecified atom stereocenters. The molecule has 10 nitrogen and oxygen atoms in total. The summed E-state index contributed by atoms with van der Waals surface area (Å²) >= 11 is 4.32. The fourth-order valence-corrected chi connectivity index (χ4v) is 6.38. The van der Waals surface area contributed by atoms with Crippen LogP contribution >= 0.6 is 27.3 Å². The van der Waals surface area contributed by atoms with Crippen LogP contribution in [0, 0.1) is 0 Å². The average molecular weight is 617 g/mol. The van der Waals surface area contributed by atoms with Gasteiger partial charge in [-0.15, -0.1) is 11.3 Å². The van der Waals surface area contributed by atoms with Gasteiger partial charge in [-0.1, -0.05) is 31.4 Å². The molecule has 1 saturated carbocycles. The quantitative estimate of drug-likeness (QED) is 0.215. The first-order valence-corrected chi connectivity index (χ1v) is 13.7. The van der Waals surface area contributed by atoms with E-state index < -0.39 is 24.5 Å². The van der Waals surface area contributed by atoms with E-state index in [1.165, 1.54) is 24.3 Å². The van der Waals surface area contributed by atoms with E-state index in [9.17, 15) is 24.3 Å². The van der Waals surface area contributed by atoms with Crippen molar-refractivity contribution in [2.75, 3.05) is 16.8 Å². The van der Waals surface area contributed by atoms with Crippen molar-refractivity contribution in [2.45, 2.75) is 38.1 Å². The van der Waals surface area contributed by atoms with Gasteiger partial charge in [-0.2, -0.15) is 0 Å². The maximum atomic E-state index is 13.6. The molecule has 1 aliphatic carbocycles. The number of thiophene rings is 1. The minimum Gasteiger partial charge on any atom is -0.479 e. The first kappa shape index (κ1) is 28.1. The van der Waals surface area contributed by atoms with Gasteiger partial charge in [0, 0.05) is 17.4 Å². The highest BCUT2D eigenvalue weighted by atomic mass is 79.9. The second kappa shape index (κ2) is 12.3. The number of nitrogens with one attached hydrogen (secondary N) is 1. The van der Waals surface area contributed by atoms with E-state index in [2.05, 4.69) is 21.2 Å². The number of benzene rings is 2. The number of anilines is 2. The molecule has 2 aromatic carbocycles. The summed E-state index contributed by atoms with van der Waals surface area (Å²) in [5.74, 6) is -3.61. The fraction of sp³-hybridized carbons (Fsp3) is 0.259. The molecule has 1 heterocycles. The normalized spacial score (nSPS) is 13.5. The molecule has 12 heteroatoms. The molecule has 0 saturated heterocycles. The highest BCUT2D eigenvalue weighted by molar-refractivity contribution is 9.10. The van der Waals surface area contributed by atoms with Gasteiger partial charge in [0.2, 0.25) is 0 Å². The number of ether oxygens (including phenoxy) is 1. The largest absolute Gasteiger partial charge is 0.479 e. The Hall–Kier alpha value is -3.90. The van der Waals surface area contributed by atoms with E-state index in [4.69, 9.17) is 14.9 Å². The summed E-state index contributed by atoms with van der Waals surface area (Å²) in [5, 5.41) is 30.6. The Labute approximate surface area is 236 Å². The van der Waals surface area contributed by atoms with Crippen molar-refractivity contribution >= 4 is 62.6 Å². The first-order valence-electron chi connectivity index (χ1n) is 12.1. The Balaban J connectivity index is 1.69. The van der Waals surface area contributed by atoms with E-state index in [0.29, 0.717) is 26.3 Å². The van der Waals surface area contributed by atoms with Gasteiger partial charge in [-0.3, -0.25) is 4.90 Å². The number of rotatable bonds is 9. The number of urea groups is 1. The molecule has 3 aromatic rings. The monoisotopic (exact) mass is 616 g/mol. The molecule has 0 aliphatic heterocycles. The Morgan fingerprint density at radius 2 is 1.67 bits per heavy atom. The van der Waals surface area contributed by atoms with Crippen LogP contribution in [0.1, 0.15) is 52.1 Å². The Bertz CT molecular complexity index is 1400. The molecule has 0 bridgehead atoms. The van der Waals surface area contributed by atoms with Gasteiger partial charge in [0.05, 0.1) is 14.9 Å². The van der Waals surface area contributed by atoms with Crippen LogP contribution in [0.3, 0.4) is 0 Å². The number of amides is 2. The standard InChI is InChI=1S/C27H25BrN2O8S/c28-21-22(38-14-20(31)32)24(26(35)36)39-23(21)16-5-4-8-19(13-16)30(18-6-2-1-3-7-18)27(37)29-17-11-9-15(10-12-17)25(33)34/h4-5,8-13,18H,1-3,6-7,14H2,(H,29,37)(H,31,32)(H,33,34)(H,35,36). The summed E-state index contributed by atoms with van der Waals surface area (Å²) in [6, 6.07) is 12.6. The number of aliphatic carboxylic acids is 1. The third kappa shape index (κ3) is 6.58. The highest BCUT2D eigenvalue weighted by Crippen LogP contribution is 2.46. The summed E-state index contributed by atoms with van der Waals surface area (Å²) in [6.07, 6.45) is 4.67. The van der Waals surface area contributed by atoms with Crippen LogP contribution in [0.15, 0.2) is 53.0 Å². The van der Waals surface area contributed by atoms with E-state index in [0.717, 1.165) is 43.4 Å². The molecule has 4 rings (SSSR count). The summed E-state index contributed by atoms with van der Waals surface area (Å²) in [4.78, 5) is 49.6. The zero-order valence-corrected chi connectivity index (χ0v) is 23.0. The molecular formula is C27H25BrN2O8S. The molecule has 1 aromatic heterocycles. The number of hydrogen-bond acceptors (Lipinski definition) is 6. The van der Waals surface area contributed by atoms with Crippen molar-refractivity contribution in [2.24, 2.45) is 0 Å². The lowest BCUT2D eigenvalue weighted by atomic mass is 9.93. The first-order chi connectivity index (χ1) is 18.7. The lowest BCUT2D eigenvalue weighted by molar-refractivity contribution is -0.139. The smallest absolute Gasteiger partial charge is 0.349 e. The van der Waals surface area contributed by atoms with Gasteiger partial charge in [0.25, 0.3) is 0 Å². The van der Waals surface area contributed by atoms with Crippen LogP contribution < -0.4 is 15.0 Å². The van der Waals surface area contributed by atoms with Crippen molar-refractivity contribution in [1.29, 1.82) is 0 Å². The molecule has 0 spiro atoms. The summed E-state index contributed by atoms with van der Waals surface area (Å²) < 4.78 is 5.58. The van der Waals surface area contributed by atoms with Crippen molar-refractivity contribution < 1.29 is 39.2 Å². The second-order valence-electron chi connectivity index (χ2n) is 8.92. The summed E-state index contributed by atoms with van der Waals surface area (Å²) in [7, 11) is 0. The summed E-state index contributed by atoms with van der Waals surface area (Å²) in [5.41, 5.74) is 1.79. The highest BCUT2D eigenvalue weighted by Gasteiger charge is 2.29. The van der Waals surface area contributed by atoms with Crippen molar-refractivity contribution in [3.05, 3.63) is 63.4 Å². The minimum atomic E-state index is -1.25. The molecule has 0 radical (unpaired) electrons. The van der Waals surface area contributed by atoms with Crippen LogP contribution in [-0.4, -0.2) is 51.9 Å². The van der Waals surface area contributed by atoms with E-state index in [-0.39, 0.29) is 28.3 Å². The van der Waals surface area contributed by atoms with Gasteiger partial charge in [-0.05, 0) is 70.7 Å². The number of nitrogens with zero attached hydrogens (tertiary/aromatic N) is 1. The van der Waals surface area contributed by atoms with Crippen molar-refractivity contribution in [3.63, 3.8) is 0 Å². The maximum absolute atomic E-state index is 13.6. The van der Waals surface area contributed by atoms with Crippen LogP contribution in [0.4, 0.5) is 16.2 Å². The third-order valence-electron chi connectivity index (χ3n) is 6.27. The lowest BCUT2D eigenvalue weighted by Gasteiger charge is -2.34. The van der Waals surface area contributed by atoms with Gasteiger partial charge >= 0.3 is 23.9 Å². The number of halogens is 1. The van der Waals surface area contributed by atoms with Crippen molar-refractivity contribution in [3.8, 4) is 16.2 Å². The number of carboxylic acids is 3. The SMILES string of the molecule is O=C(O)COc1c(C(=O)O)sc(-c2cccc(N(C(=O)Nc3ccc(C(=O)O)cc3)C3CCCCC3)c2)c1Br. The topological polar surface area (TPSA) is 153 Å². The Morgan fingerprint density at radius 1 is 0.974 bits per heavy atom. The third-order valence-corrected chi connectivity index (χ3v) is 8.50. The maximum Gasteiger partial charge on any atom is 0.349 e. The molecule has 0 atom stereocenters. The van der Waals surface area contributed by atoms with E-state index >= 15 is 0 Å². The van der Waals surface area contributed by atoms with Gasteiger partial charge in [-0.25, -0.2) is 19.2 Å². The van der Waals surface area contributed by atoms with E-state index in [1.54, 1.807) is 29.2 Å². The van der Waals surface area contributed by atoms with Crippen LogP contribution in [0.25, 0.3) is 10.4 Å². The molecular weight excluding hydrogens is 592 g/mol. The predicted octanol–water partition coefficient (Wildman–Crippen LogP) is 6.41. The Kier molecular flexibility index (Phi) is 8.87. The number of hydrogen-bond donors (Lipinski definition) is 4. The van der Waals surface area contributed by atoms with E-state index in [1.807, 2.05) is 0 Å². The average Bonchev–Trinajstić information content (AvgIpc) is 3.25. The van der Waals surface area contributed by atoms with Gasteiger partial charge in [0.1, 0.15) is 0 Å². The zero-order chi connectivity index (χ0) is 28.1. The summed E-state index contributed by atoms with van der Waals surface area (Å²) in [6.45, 7) is -0.696. The predicted molar refractivity (Wildman–Crippen MR) is 149 cm³/mol. The van der Waals surface area contributed by atoms with Gasteiger partial charge in [0.15, 0.2) is 17.2 Å². The Morgan fingerprint density at radius 3 is 2.28 bits per heavy atom. The van der Waals surface area contributed by atoms with Crippen LogP contribution in [0.5, 0.6) is 5.75 Å².